The lowest BCUT2D eigenvalue weighted by molar-refractivity contribution is 0.0965. The molecule has 0 aliphatic carbocycles. The van der Waals surface area contributed by atoms with Gasteiger partial charge in [-0.25, -0.2) is 4.79 Å². The lowest BCUT2D eigenvalue weighted by Crippen LogP contribution is -2.47. The monoisotopic (exact) mass is 446 g/mol. The highest BCUT2D eigenvalue weighted by atomic mass is 16.6. The Balaban J connectivity index is 1.38. The number of benzene rings is 2. The van der Waals surface area contributed by atoms with E-state index in [2.05, 4.69) is 20.9 Å². The zero-order valence-electron chi connectivity index (χ0n) is 18.2. The molecule has 3 aromatic rings. The number of alkyl carbamates (subject to hydrolysis) is 1. The smallest absolute Gasteiger partial charge is 0.408 e. The largest absolute Gasteiger partial charge is 0.506 e. The van der Waals surface area contributed by atoms with Crippen molar-refractivity contribution in [1.82, 2.24) is 15.6 Å². The molecular formula is C25H26N4O4. The van der Waals surface area contributed by atoms with Crippen LogP contribution < -0.4 is 16.0 Å². The number of amides is 2. The summed E-state index contributed by atoms with van der Waals surface area (Å²) in [6, 6.07) is 17.1. The third-order valence-corrected chi connectivity index (χ3v) is 5.79. The predicted octanol–water partition coefficient (Wildman–Crippen LogP) is 3.72. The zero-order chi connectivity index (χ0) is 23.3. The number of pyridine rings is 1. The van der Waals surface area contributed by atoms with Crippen molar-refractivity contribution >= 4 is 17.7 Å². The van der Waals surface area contributed by atoms with Crippen LogP contribution in [0.25, 0.3) is 0 Å². The summed E-state index contributed by atoms with van der Waals surface area (Å²) in [5.74, 6) is -0.349. The van der Waals surface area contributed by atoms with E-state index in [-0.39, 0.29) is 11.7 Å². The molecule has 4 N–H and O–H groups in total. The molecule has 33 heavy (non-hydrogen) atoms. The van der Waals surface area contributed by atoms with Gasteiger partial charge in [-0.2, -0.15) is 0 Å². The number of hydrogen-bond donors (Lipinski definition) is 4. The topological polar surface area (TPSA) is 113 Å². The molecule has 0 saturated carbocycles. The summed E-state index contributed by atoms with van der Waals surface area (Å²) in [4.78, 5) is 29.3. The van der Waals surface area contributed by atoms with Crippen molar-refractivity contribution in [1.29, 1.82) is 0 Å². The number of carbonyl (C=O) groups is 2. The summed E-state index contributed by atoms with van der Waals surface area (Å²) in [6.07, 6.45) is 3.17. The molecule has 1 aromatic heterocycles. The van der Waals surface area contributed by atoms with E-state index < -0.39 is 17.7 Å². The van der Waals surface area contributed by atoms with Gasteiger partial charge in [0.05, 0.1) is 11.2 Å². The van der Waals surface area contributed by atoms with Crippen LogP contribution in [0.2, 0.25) is 0 Å². The standard InChI is InChI=1S/C25H26N4O4/c1-17(33-24(32)29-25(12-14-27-16-25)20-5-4-13-26-15-20)18-8-10-19(11-9-18)23(31)28-21-6-2-3-7-22(21)30/h2-11,13,15,17,27,30H,12,14,16H2,1H3,(H,28,31)(H,29,32)/t17-,25-/m0/s1. The van der Waals surface area contributed by atoms with Gasteiger partial charge in [0.2, 0.25) is 0 Å². The number of para-hydroxylation sites is 2. The lowest BCUT2D eigenvalue weighted by atomic mass is 9.90. The minimum atomic E-state index is -0.560. The molecule has 0 spiro atoms. The van der Waals surface area contributed by atoms with Crippen molar-refractivity contribution in [2.45, 2.75) is 25.0 Å². The number of aromatic hydroxyl groups is 1. The van der Waals surface area contributed by atoms with Crippen LogP contribution in [-0.2, 0) is 10.3 Å². The number of rotatable bonds is 6. The van der Waals surface area contributed by atoms with Gasteiger partial charge in [-0.1, -0.05) is 30.3 Å². The molecule has 170 valence electrons. The quantitative estimate of drug-likeness (QED) is 0.430. The maximum absolute atomic E-state index is 12.7. The molecule has 0 bridgehead atoms. The number of carbonyl (C=O) groups excluding carboxylic acids is 2. The molecule has 0 unspecified atom stereocenters. The van der Waals surface area contributed by atoms with Crippen molar-refractivity contribution in [2.75, 3.05) is 18.4 Å². The molecule has 2 amide bonds. The fraction of sp³-hybridized carbons (Fsp3) is 0.240. The first-order valence-corrected chi connectivity index (χ1v) is 10.8. The number of aromatic nitrogens is 1. The van der Waals surface area contributed by atoms with E-state index >= 15 is 0 Å². The number of hydrogen-bond acceptors (Lipinski definition) is 6. The van der Waals surface area contributed by atoms with Crippen molar-refractivity contribution in [2.24, 2.45) is 0 Å². The average molecular weight is 447 g/mol. The van der Waals surface area contributed by atoms with Gasteiger partial charge in [0.25, 0.3) is 5.91 Å². The number of phenolic OH excluding ortho intramolecular Hbond substituents is 1. The maximum Gasteiger partial charge on any atom is 0.408 e. The second-order valence-corrected chi connectivity index (χ2v) is 8.02. The Kier molecular flexibility index (Phi) is 6.55. The van der Waals surface area contributed by atoms with Crippen LogP contribution in [0.4, 0.5) is 10.5 Å². The van der Waals surface area contributed by atoms with Crippen molar-refractivity contribution in [3.63, 3.8) is 0 Å². The molecule has 1 fully saturated rings. The fourth-order valence-electron chi connectivity index (χ4n) is 3.90. The Morgan fingerprint density at radius 2 is 1.91 bits per heavy atom. The molecule has 0 radical (unpaired) electrons. The van der Waals surface area contributed by atoms with E-state index in [4.69, 9.17) is 4.74 Å². The summed E-state index contributed by atoms with van der Waals surface area (Å²) in [5, 5.41) is 18.8. The molecule has 8 nitrogen and oxygen atoms in total. The Hall–Kier alpha value is -3.91. The molecule has 4 rings (SSSR count). The first-order valence-electron chi connectivity index (χ1n) is 10.8. The van der Waals surface area contributed by atoms with Gasteiger partial charge in [0.15, 0.2) is 0 Å². The molecule has 2 heterocycles. The lowest BCUT2D eigenvalue weighted by Gasteiger charge is -2.30. The van der Waals surface area contributed by atoms with E-state index in [9.17, 15) is 14.7 Å². The minimum absolute atomic E-state index is 0.00276. The third kappa shape index (κ3) is 5.12. The van der Waals surface area contributed by atoms with Crippen LogP contribution in [0.15, 0.2) is 73.1 Å². The first kappa shape index (κ1) is 22.3. The molecule has 1 saturated heterocycles. The second-order valence-electron chi connectivity index (χ2n) is 8.02. The van der Waals surface area contributed by atoms with Crippen LogP contribution in [0.5, 0.6) is 5.75 Å². The highest BCUT2D eigenvalue weighted by Crippen LogP contribution is 2.28. The predicted molar refractivity (Wildman–Crippen MR) is 124 cm³/mol. The number of ether oxygens (including phenoxy) is 1. The summed E-state index contributed by atoms with van der Waals surface area (Å²) in [7, 11) is 0. The van der Waals surface area contributed by atoms with Crippen LogP contribution in [0, 0.1) is 0 Å². The number of phenols is 1. The van der Waals surface area contributed by atoms with Gasteiger partial charge in [-0.05, 0) is 61.3 Å². The molecule has 2 aromatic carbocycles. The highest BCUT2D eigenvalue weighted by molar-refractivity contribution is 6.05. The van der Waals surface area contributed by atoms with Crippen LogP contribution >= 0.6 is 0 Å². The van der Waals surface area contributed by atoms with Gasteiger partial charge in [0.1, 0.15) is 11.9 Å². The van der Waals surface area contributed by atoms with Crippen molar-refractivity contribution in [3.8, 4) is 5.75 Å². The molecule has 1 aliphatic heterocycles. The average Bonchev–Trinajstić information content (AvgIpc) is 3.30. The Morgan fingerprint density at radius 3 is 2.58 bits per heavy atom. The van der Waals surface area contributed by atoms with Gasteiger partial charge >= 0.3 is 6.09 Å². The Labute approximate surface area is 192 Å². The van der Waals surface area contributed by atoms with Gasteiger partial charge in [-0.3, -0.25) is 9.78 Å². The SMILES string of the molecule is C[C@H](OC(=O)N[C@@]1(c2cccnc2)CCNC1)c1ccc(C(=O)Nc2ccccc2O)cc1. The van der Waals surface area contributed by atoms with Crippen LogP contribution in [0.1, 0.15) is 40.9 Å². The van der Waals surface area contributed by atoms with Gasteiger partial charge in [-0.15, -0.1) is 0 Å². The van der Waals surface area contributed by atoms with Crippen molar-refractivity contribution in [3.05, 3.63) is 89.7 Å². The summed E-state index contributed by atoms with van der Waals surface area (Å²) >= 11 is 0. The number of nitrogens with one attached hydrogen (secondary N) is 3. The van der Waals surface area contributed by atoms with E-state index in [0.717, 1.165) is 24.1 Å². The van der Waals surface area contributed by atoms with E-state index in [0.29, 0.717) is 17.8 Å². The third-order valence-electron chi connectivity index (χ3n) is 5.79. The van der Waals surface area contributed by atoms with E-state index in [1.165, 1.54) is 6.07 Å². The fourth-order valence-corrected chi connectivity index (χ4v) is 3.90. The summed E-state index contributed by atoms with van der Waals surface area (Å²) < 4.78 is 5.62. The number of anilines is 1. The van der Waals surface area contributed by atoms with Crippen LogP contribution in [-0.4, -0.2) is 35.2 Å². The Bertz CT molecular complexity index is 1110. The Morgan fingerprint density at radius 1 is 1.12 bits per heavy atom. The van der Waals surface area contributed by atoms with Crippen LogP contribution in [0.3, 0.4) is 0 Å². The molecular weight excluding hydrogens is 420 g/mol. The van der Waals surface area contributed by atoms with Crippen molar-refractivity contribution < 1.29 is 19.4 Å². The normalized spacial score (nSPS) is 18.3. The second kappa shape index (κ2) is 9.70. The van der Waals surface area contributed by atoms with Gasteiger partial charge in [0, 0.05) is 24.5 Å². The summed E-state index contributed by atoms with van der Waals surface area (Å²) in [5.41, 5.74) is 1.88. The maximum atomic E-state index is 12.7. The summed E-state index contributed by atoms with van der Waals surface area (Å²) in [6.45, 7) is 3.16. The molecule has 2 atom stereocenters. The van der Waals surface area contributed by atoms with E-state index in [1.54, 1.807) is 61.8 Å². The first-order chi connectivity index (χ1) is 16.0. The highest BCUT2D eigenvalue weighted by Gasteiger charge is 2.38. The number of nitrogens with zero attached hydrogens (tertiary/aromatic N) is 1. The molecule has 1 aliphatic rings. The zero-order valence-corrected chi connectivity index (χ0v) is 18.2. The van der Waals surface area contributed by atoms with E-state index in [1.807, 2.05) is 12.1 Å². The minimum Gasteiger partial charge on any atom is -0.506 e. The molecule has 8 heteroatoms. The van der Waals surface area contributed by atoms with Gasteiger partial charge < -0.3 is 25.8 Å².